The minimum Gasteiger partial charge on any atom is -0.375 e. The summed E-state index contributed by atoms with van der Waals surface area (Å²) in [5.74, 6) is -0.181. The zero-order chi connectivity index (χ0) is 14.5. The molecule has 0 radical (unpaired) electrons. The van der Waals surface area contributed by atoms with Gasteiger partial charge >= 0.3 is 0 Å². The molecule has 20 heavy (non-hydrogen) atoms. The lowest BCUT2D eigenvalue weighted by atomic mass is 10.3. The Morgan fingerprint density at radius 1 is 1.10 bits per heavy atom. The predicted molar refractivity (Wildman–Crippen MR) is 87.7 cm³/mol. The van der Waals surface area contributed by atoms with Gasteiger partial charge in [-0.2, -0.15) is 0 Å². The minimum atomic E-state index is -0.181. The molecule has 0 fully saturated rings. The van der Waals surface area contributed by atoms with Crippen LogP contribution in [0.1, 0.15) is 0 Å². The van der Waals surface area contributed by atoms with E-state index in [0.717, 1.165) is 10.2 Å². The maximum Gasteiger partial charge on any atom is 0.243 e. The van der Waals surface area contributed by atoms with E-state index in [1.54, 1.807) is 18.2 Å². The van der Waals surface area contributed by atoms with Crippen LogP contribution in [0.4, 0.5) is 11.4 Å². The van der Waals surface area contributed by atoms with Gasteiger partial charge in [0, 0.05) is 25.9 Å². The van der Waals surface area contributed by atoms with Crippen molar-refractivity contribution in [2.45, 2.75) is 0 Å². The molecule has 0 saturated heterocycles. The Morgan fingerprint density at radius 3 is 2.40 bits per heavy atom. The topological polar surface area (TPSA) is 41.1 Å². The number of rotatable bonds is 4. The first-order chi connectivity index (χ1) is 9.54. The summed E-state index contributed by atoms with van der Waals surface area (Å²) in [5.41, 5.74) is 1.42. The average molecular weight is 374 g/mol. The van der Waals surface area contributed by atoms with Gasteiger partial charge in [0.2, 0.25) is 5.91 Å². The second-order valence-corrected chi connectivity index (χ2v) is 5.77. The van der Waals surface area contributed by atoms with E-state index in [4.69, 9.17) is 23.2 Å². The molecule has 0 unspecified atom stereocenters. The van der Waals surface area contributed by atoms with E-state index in [0.29, 0.717) is 15.7 Å². The molecule has 0 aliphatic rings. The van der Waals surface area contributed by atoms with Crippen LogP contribution in [0, 0.1) is 0 Å². The summed E-state index contributed by atoms with van der Waals surface area (Å²) in [6.07, 6.45) is 0. The monoisotopic (exact) mass is 372 g/mol. The SMILES string of the molecule is O=C(CNc1ccccc1Br)Nc1cc(Cl)cc(Cl)c1. The van der Waals surface area contributed by atoms with Crippen molar-refractivity contribution in [3.8, 4) is 0 Å². The largest absolute Gasteiger partial charge is 0.375 e. The highest BCUT2D eigenvalue weighted by Crippen LogP contribution is 2.23. The summed E-state index contributed by atoms with van der Waals surface area (Å²) in [6.45, 7) is 0.146. The molecule has 0 aliphatic heterocycles. The van der Waals surface area contributed by atoms with Crippen LogP contribution in [0.5, 0.6) is 0 Å². The normalized spacial score (nSPS) is 10.2. The van der Waals surface area contributed by atoms with Gasteiger partial charge in [-0.05, 0) is 46.3 Å². The number of halogens is 3. The summed E-state index contributed by atoms with van der Waals surface area (Å²) in [6, 6.07) is 12.5. The van der Waals surface area contributed by atoms with Crippen molar-refractivity contribution in [2.75, 3.05) is 17.2 Å². The molecule has 0 saturated carbocycles. The molecule has 2 aromatic rings. The van der Waals surface area contributed by atoms with Crippen LogP contribution in [0.15, 0.2) is 46.9 Å². The molecular formula is C14H11BrCl2N2O. The molecular weight excluding hydrogens is 363 g/mol. The van der Waals surface area contributed by atoms with Gasteiger partial charge in [0.05, 0.1) is 6.54 Å². The highest BCUT2D eigenvalue weighted by atomic mass is 79.9. The fourth-order valence-corrected chi connectivity index (χ4v) is 2.56. The van der Waals surface area contributed by atoms with Crippen LogP contribution in [0.3, 0.4) is 0 Å². The van der Waals surface area contributed by atoms with E-state index < -0.39 is 0 Å². The average Bonchev–Trinajstić information content (AvgIpc) is 2.36. The summed E-state index contributed by atoms with van der Waals surface area (Å²) >= 11 is 15.1. The maximum atomic E-state index is 11.8. The van der Waals surface area contributed by atoms with E-state index in [9.17, 15) is 4.79 Å². The fraction of sp³-hybridized carbons (Fsp3) is 0.0714. The number of nitrogens with one attached hydrogen (secondary N) is 2. The van der Waals surface area contributed by atoms with Crippen molar-refractivity contribution in [1.82, 2.24) is 0 Å². The first kappa shape index (κ1) is 15.2. The van der Waals surface area contributed by atoms with Gasteiger partial charge < -0.3 is 10.6 Å². The summed E-state index contributed by atoms with van der Waals surface area (Å²) in [5, 5.41) is 6.72. The molecule has 0 heterocycles. The van der Waals surface area contributed by atoms with Gasteiger partial charge in [-0.3, -0.25) is 4.79 Å². The standard InChI is InChI=1S/C14H11BrCl2N2O/c15-12-3-1-2-4-13(12)18-8-14(20)19-11-6-9(16)5-10(17)7-11/h1-7,18H,8H2,(H,19,20). The van der Waals surface area contributed by atoms with E-state index in [1.807, 2.05) is 24.3 Å². The third kappa shape index (κ3) is 4.40. The zero-order valence-corrected chi connectivity index (χ0v) is 13.4. The number of para-hydroxylation sites is 1. The Hall–Kier alpha value is -1.23. The van der Waals surface area contributed by atoms with Crippen molar-refractivity contribution < 1.29 is 4.79 Å². The van der Waals surface area contributed by atoms with Crippen molar-refractivity contribution in [1.29, 1.82) is 0 Å². The molecule has 1 amide bonds. The van der Waals surface area contributed by atoms with Gasteiger partial charge in [-0.1, -0.05) is 35.3 Å². The summed E-state index contributed by atoms with van der Waals surface area (Å²) in [4.78, 5) is 11.8. The lowest BCUT2D eigenvalue weighted by Crippen LogP contribution is -2.21. The number of amides is 1. The first-order valence-corrected chi connectivity index (χ1v) is 7.34. The van der Waals surface area contributed by atoms with Crippen LogP contribution in [-0.4, -0.2) is 12.5 Å². The number of hydrogen-bond donors (Lipinski definition) is 2. The van der Waals surface area contributed by atoms with Gasteiger partial charge in [0.1, 0.15) is 0 Å². The molecule has 104 valence electrons. The molecule has 2 rings (SSSR count). The highest BCUT2D eigenvalue weighted by Gasteiger charge is 2.05. The van der Waals surface area contributed by atoms with Crippen LogP contribution >= 0.6 is 39.1 Å². The number of hydrogen-bond acceptors (Lipinski definition) is 2. The molecule has 0 bridgehead atoms. The van der Waals surface area contributed by atoms with E-state index in [2.05, 4.69) is 26.6 Å². The van der Waals surface area contributed by atoms with Gasteiger partial charge in [-0.25, -0.2) is 0 Å². The van der Waals surface area contributed by atoms with Crippen LogP contribution in [0.2, 0.25) is 10.0 Å². The van der Waals surface area contributed by atoms with E-state index >= 15 is 0 Å². The third-order valence-corrected chi connectivity index (χ3v) is 3.59. The number of anilines is 2. The molecule has 3 nitrogen and oxygen atoms in total. The van der Waals surface area contributed by atoms with E-state index in [-0.39, 0.29) is 12.5 Å². The fourth-order valence-electron chi connectivity index (χ4n) is 1.61. The molecule has 6 heteroatoms. The smallest absolute Gasteiger partial charge is 0.243 e. The van der Waals surface area contributed by atoms with Gasteiger partial charge in [-0.15, -0.1) is 0 Å². The maximum absolute atomic E-state index is 11.8. The minimum absolute atomic E-state index is 0.146. The Labute approximate surface area is 135 Å². The zero-order valence-electron chi connectivity index (χ0n) is 10.3. The van der Waals surface area contributed by atoms with Crippen molar-refractivity contribution in [3.05, 3.63) is 57.0 Å². The molecule has 0 atom stereocenters. The molecule has 2 aromatic carbocycles. The van der Waals surface area contributed by atoms with Crippen molar-refractivity contribution in [3.63, 3.8) is 0 Å². The number of benzene rings is 2. The first-order valence-electron chi connectivity index (χ1n) is 5.79. The lowest BCUT2D eigenvalue weighted by Gasteiger charge is -2.09. The quantitative estimate of drug-likeness (QED) is 0.807. The second kappa shape index (κ2) is 6.97. The Bertz CT molecular complexity index is 614. The third-order valence-electron chi connectivity index (χ3n) is 2.46. The van der Waals surface area contributed by atoms with Crippen molar-refractivity contribution >= 4 is 56.4 Å². The Balaban J connectivity index is 1.94. The number of carbonyl (C=O) groups is 1. The predicted octanol–water partition coefficient (Wildman–Crippen LogP) is 4.81. The molecule has 2 N–H and O–H groups in total. The summed E-state index contributed by atoms with van der Waals surface area (Å²) in [7, 11) is 0. The van der Waals surface area contributed by atoms with Gasteiger partial charge in [0.25, 0.3) is 0 Å². The van der Waals surface area contributed by atoms with E-state index in [1.165, 1.54) is 0 Å². The van der Waals surface area contributed by atoms with Gasteiger partial charge in [0.15, 0.2) is 0 Å². The second-order valence-electron chi connectivity index (χ2n) is 4.04. The highest BCUT2D eigenvalue weighted by molar-refractivity contribution is 9.10. The lowest BCUT2D eigenvalue weighted by molar-refractivity contribution is -0.114. The molecule has 0 aliphatic carbocycles. The van der Waals surface area contributed by atoms with Crippen molar-refractivity contribution in [2.24, 2.45) is 0 Å². The number of carbonyl (C=O) groups excluding carboxylic acids is 1. The Kier molecular flexibility index (Phi) is 5.29. The molecule has 0 aromatic heterocycles. The van der Waals surface area contributed by atoms with Crippen LogP contribution in [0.25, 0.3) is 0 Å². The summed E-state index contributed by atoms with van der Waals surface area (Å²) < 4.78 is 0.901. The van der Waals surface area contributed by atoms with Crippen LogP contribution in [-0.2, 0) is 4.79 Å². The molecule has 0 spiro atoms. The van der Waals surface area contributed by atoms with Crippen LogP contribution < -0.4 is 10.6 Å². The Morgan fingerprint density at radius 2 is 1.75 bits per heavy atom.